The summed E-state index contributed by atoms with van der Waals surface area (Å²) in [6.07, 6.45) is 8.10. The summed E-state index contributed by atoms with van der Waals surface area (Å²) in [5, 5.41) is 10.7. The Kier molecular flexibility index (Phi) is 4.94. The predicted octanol–water partition coefficient (Wildman–Crippen LogP) is 2.97. The first-order valence-corrected chi connectivity index (χ1v) is 7.37. The molecule has 0 spiro atoms. The van der Waals surface area contributed by atoms with E-state index >= 15 is 0 Å². The maximum absolute atomic E-state index is 10.7. The van der Waals surface area contributed by atoms with Crippen LogP contribution < -0.4 is 0 Å². The van der Waals surface area contributed by atoms with E-state index in [4.69, 9.17) is 4.74 Å². The van der Waals surface area contributed by atoms with Gasteiger partial charge in [-0.15, -0.1) is 0 Å². The lowest BCUT2D eigenvalue weighted by molar-refractivity contribution is -0.147. The number of aliphatic hydroxyl groups is 1. The quantitative estimate of drug-likeness (QED) is 0.888. The molecule has 3 atom stereocenters. The Balaban J connectivity index is 2.09. The van der Waals surface area contributed by atoms with E-state index in [0.29, 0.717) is 18.9 Å². The summed E-state index contributed by atoms with van der Waals surface area (Å²) >= 11 is 0. The van der Waals surface area contributed by atoms with Crippen LogP contribution in [0.25, 0.3) is 0 Å². The fourth-order valence-electron chi connectivity index (χ4n) is 3.29. The van der Waals surface area contributed by atoms with Crippen LogP contribution in [0.4, 0.5) is 0 Å². The fourth-order valence-corrected chi connectivity index (χ4v) is 3.29. The van der Waals surface area contributed by atoms with Crippen molar-refractivity contribution in [3.8, 4) is 0 Å². The number of hydrogen-bond donors (Lipinski definition) is 1. The zero-order valence-corrected chi connectivity index (χ0v) is 12.0. The minimum absolute atomic E-state index is 0.352. The average Bonchev–Trinajstić information content (AvgIpc) is 2.40. The van der Waals surface area contributed by atoms with Crippen LogP contribution in [0, 0.1) is 5.92 Å². The summed E-state index contributed by atoms with van der Waals surface area (Å²) in [6.45, 7) is 4.94. The van der Waals surface area contributed by atoms with Crippen LogP contribution in [-0.2, 0) is 11.2 Å². The highest BCUT2D eigenvalue weighted by molar-refractivity contribution is 5.12. The molecule has 3 nitrogen and oxygen atoms in total. The van der Waals surface area contributed by atoms with Gasteiger partial charge in [0.25, 0.3) is 0 Å². The summed E-state index contributed by atoms with van der Waals surface area (Å²) in [7, 11) is 0. The van der Waals surface area contributed by atoms with Crippen molar-refractivity contribution in [2.24, 2.45) is 5.92 Å². The summed E-state index contributed by atoms with van der Waals surface area (Å²) in [4.78, 5) is 4.02. The zero-order chi connectivity index (χ0) is 13.7. The molecule has 1 heterocycles. The van der Waals surface area contributed by atoms with Crippen molar-refractivity contribution in [2.75, 3.05) is 6.61 Å². The number of hydrogen-bond acceptors (Lipinski definition) is 3. The molecule has 1 saturated carbocycles. The van der Waals surface area contributed by atoms with Crippen LogP contribution in [0.2, 0.25) is 0 Å². The molecule has 0 bridgehead atoms. The highest BCUT2D eigenvalue weighted by Gasteiger charge is 2.41. The van der Waals surface area contributed by atoms with E-state index in [2.05, 4.69) is 11.9 Å². The number of pyridine rings is 1. The Morgan fingerprint density at radius 1 is 1.47 bits per heavy atom. The van der Waals surface area contributed by atoms with Crippen molar-refractivity contribution in [1.29, 1.82) is 0 Å². The van der Waals surface area contributed by atoms with Crippen molar-refractivity contribution in [3.05, 3.63) is 30.1 Å². The maximum atomic E-state index is 10.7. The van der Waals surface area contributed by atoms with Gasteiger partial charge in [-0.1, -0.05) is 19.8 Å². The Bertz CT molecular complexity index is 378. The maximum Gasteiger partial charge on any atom is 0.0945 e. The molecule has 0 amide bonds. The molecule has 1 aromatic rings. The highest BCUT2D eigenvalue weighted by Crippen LogP contribution is 2.38. The molecule has 0 radical (unpaired) electrons. The Labute approximate surface area is 116 Å². The Morgan fingerprint density at radius 3 is 2.84 bits per heavy atom. The smallest absolute Gasteiger partial charge is 0.0945 e. The van der Waals surface area contributed by atoms with Crippen LogP contribution in [0.3, 0.4) is 0 Å². The van der Waals surface area contributed by atoms with E-state index in [1.165, 1.54) is 6.42 Å². The normalized spacial score (nSPS) is 29.1. The van der Waals surface area contributed by atoms with Crippen molar-refractivity contribution in [1.82, 2.24) is 4.98 Å². The largest absolute Gasteiger partial charge is 0.390 e. The van der Waals surface area contributed by atoms with Gasteiger partial charge < -0.3 is 9.84 Å². The molecule has 3 unspecified atom stereocenters. The van der Waals surface area contributed by atoms with Gasteiger partial charge >= 0.3 is 0 Å². The Hall–Kier alpha value is -0.930. The fraction of sp³-hybridized carbons (Fsp3) is 0.688. The Morgan fingerprint density at radius 2 is 2.21 bits per heavy atom. The second kappa shape index (κ2) is 6.49. The topological polar surface area (TPSA) is 42.4 Å². The molecule has 19 heavy (non-hydrogen) atoms. The molecular formula is C16H25NO2. The standard InChI is InChI=1S/C16H25NO2/c1-3-19-16(8-4-5-13(2)12-16)15(18)11-14-6-9-17-10-7-14/h6-7,9-10,13,15,18H,3-5,8,11-12H2,1-2H3. The van der Waals surface area contributed by atoms with Gasteiger partial charge in [-0.2, -0.15) is 0 Å². The lowest BCUT2D eigenvalue weighted by Gasteiger charge is -2.43. The first-order chi connectivity index (χ1) is 9.16. The SMILES string of the molecule is CCOC1(C(O)Cc2ccncc2)CCCC(C)C1. The second-order valence-corrected chi connectivity index (χ2v) is 5.77. The van der Waals surface area contributed by atoms with Crippen LogP contribution in [0.15, 0.2) is 24.5 Å². The van der Waals surface area contributed by atoms with Crippen LogP contribution in [0.5, 0.6) is 0 Å². The molecule has 3 heteroatoms. The van der Waals surface area contributed by atoms with E-state index in [1.54, 1.807) is 12.4 Å². The molecule has 1 aliphatic carbocycles. The molecule has 1 aromatic heterocycles. The van der Waals surface area contributed by atoms with Gasteiger partial charge in [0.15, 0.2) is 0 Å². The molecule has 0 saturated heterocycles. The minimum atomic E-state index is -0.433. The van der Waals surface area contributed by atoms with Gasteiger partial charge in [-0.05, 0) is 43.4 Å². The summed E-state index contributed by atoms with van der Waals surface area (Å²) < 4.78 is 6.01. The van der Waals surface area contributed by atoms with E-state index in [9.17, 15) is 5.11 Å². The predicted molar refractivity (Wildman–Crippen MR) is 75.9 cm³/mol. The molecule has 1 fully saturated rings. The van der Waals surface area contributed by atoms with Gasteiger partial charge in [-0.3, -0.25) is 4.98 Å². The molecular weight excluding hydrogens is 238 g/mol. The number of ether oxygens (including phenoxy) is 1. The van der Waals surface area contributed by atoms with E-state index in [0.717, 1.165) is 24.8 Å². The molecule has 106 valence electrons. The van der Waals surface area contributed by atoms with Crippen LogP contribution in [-0.4, -0.2) is 28.4 Å². The van der Waals surface area contributed by atoms with E-state index < -0.39 is 6.10 Å². The lowest BCUT2D eigenvalue weighted by atomic mass is 9.74. The molecule has 0 aliphatic heterocycles. The summed E-state index contributed by atoms with van der Waals surface area (Å²) in [6, 6.07) is 3.93. The number of aromatic nitrogens is 1. The van der Waals surface area contributed by atoms with Crippen molar-refractivity contribution >= 4 is 0 Å². The minimum Gasteiger partial charge on any atom is -0.390 e. The number of nitrogens with zero attached hydrogens (tertiary/aromatic N) is 1. The average molecular weight is 263 g/mol. The highest BCUT2D eigenvalue weighted by atomic mass is 16.5. The van der Waals surface area contributed by atoms with E-state index in [1.807, 2.05) is 19.1 Å². The van der Waals surface area contributed by atoms with Gasteiger partial charge in [-0.25, -0.2) is 0 Å². The number of rotatable bonds is 5. The summed E-state index contributed by atoms with van der Waals surface area (Å²) in [5.74, 6) is 0.632. The lowest BCUT2D eigenvalue weighted by Crippen LogP contribution is -2.49. The molecule has 0 aromatic carbocycles. The third kappa shape index (κ3) is 3.54. The molecule has 1 aliphatic rings. The van der Waals surface area contributed by atoms with Crippen LogP contribution >= 0.6 is 0 Å². The first kappa shape index (κ1) is 14.5. The third-order valence-corrected chi connectivity index (χ3v) is 4.21. The second-order valence-electron chi connectivity index (χ2n) is 5.77. The third-order valence-electron chi connectivity index (χ3n) is 4.21. The van der Waals surface area contributed by atoms with Crippen molar-refractivity contribution < 1.29 is 9.84 Å². The van der Waals surface area contributed by atoms with E-state index in [-0.39, 0.29) is 5.60 Å². The zero-order valence-electron chi connectivity index (χ0n) is 12.0. The van der Waals surface area contributed by atoms with Gasteiger partial charge in [0.1, 0.15) is 0 Å². The van der Waals surface area contributed by atoms with Gasteiger partial charge in [0.2, 0.25) is 0 Å². The monoisotopic (exact) mass is 263 g/mol. The van der Waals surface area contributed by atoms with Crippen molar-refractivity contribution in [2.45, 2.75) is 57.7 Å². The molecule has 1 N–H and O–H groups in total. The summed E-state index contributed by atoms with van der Waals surface area (Å²) in [5.41, 5.74) is 0.773. The molecule has 2 rings (SSSR count). The van der Waals surface area contributed by atoms with Crippen molar-refractivity contribution in [3.63, 3.8) is 0 Å². The van der Waals surface area contributed by atoms with Crippen LogP contribution in [0.1, 0.15) is 45.1 Å². The first-order valence-electron chi connectivity index (χ1n) is 7.37. The van der Waals surface area contributed by atoms with Gasteiger partial charge in [0.05, 0.1) is 11.7 Å². The number of aliphatic hydroxyl groups excluding tert-OH is 1. The van der Waals surface area contributed by atoms with Gasteiger partial charge in [0, 0.05) is 25.4 Å².